The number of anilines is 1. The Morgan fingerprint density at radius 1 is 0.815 bits per heavy atom. The number of fused-ring (bicyclic) bond motifs is 9. The van der Waals surface area contributed by atoms with Crippen LogP contribution in [0.25, 0.3) is 10.8 Å². The molecular formula is C57H68N2O6. The monoisotopic (exact) mass is 877 g/mol. The van der Waals surface area contributed by atoms with Crippen LogP contribution >= 0.6 is 0 Å². The molecule has 0 aromatic heterocycles. The second kappa shape index (κ2) is 16.3. The lowest BCUT2D eigenvalue weighted by atomic mass is 9.47. The Kier molecular flexibility index (Phi) is 11.0. The van der Waals surface area contributed by atoms with Crippen molar-refractivity contribution in [3.63, 3.8) is 0 Å². The molecule has 342 valence electrons. The van der Waals surface area contributed by atoms with Crippen LogP contribution in [0.2, 0.25) is 0 Å². The number of hydrogen-bond donors (Lipinski definition) is 0. The van der Waals surface area contributed by atoms with Gasteiger partial charge in [0.05, 0.1) is 17.2 Å². The third kappa shape index (κ3) is 7.18. The zero-order chi connectivity index (χ0) is 45.5. The quantitative estimate of drug-likeness (QED) is 0.0716. The summed E-state index contributed by atoms with van der Waals surface area (Å²) in [6.45, 7) is 16.8. The summed E-state index contributed by atoms with van der Waals surface area (Å²) in [4.78, 5) is 34.0. The second-order valence-corrected chi connectivity index (χ2v) is 22.1. The number of aliphatic imine (C=N–C) groups is 1. The lowest BCUT2D eigenvalue weighted by Crippen LogP contribution is -2.61. The molecule has 0 N–H and O–H groups in total. The van der Waals surface area contributed by atoms with Crippen LogP contribution in [0.5, 0.6) is 17.2 Å². The van der Waals surface area contributed by atoms with Crippen LogP contribution in [0.15, 0.2) is 95.5 Å². The van der Waals surface area contributed by atoms with Crippen molar-refractivity contribution in [2.45, 2.75) is 136 Å². The van der Waals surface area contributed by atoms with Crippen LogP contribution in [0, 0.1) is 46.3 Å². The molecule has 4 aromatic carbocycles. The zero-order valence-electron chi connectivity index (χ0n) is 39.8. The molecule has 6 aliphatic rings. The highest BCUT2D eigenvalue weighted by molar-refractivity contribution is 6.10. The Bertz CT molecular complexity index is 2560. The first-order chi connectivity index (χ1) is 31.1. The van der Waals surface area contributed by atoms with Crippen molar-refractivity contribution in [2.75, 3.05) is 11.9 Å². The van der Waals surface area contributed by atoms with Crippen LogP contribution in [-0.2, 0) is 10.2 Å². The van der Waals surface area contributed by atoms with Gasteiger partial charge in [-0.3, -0.25) is 4.99 Å². The van der Waals surface area contributed by atoms with E-state index in [-0.39, 0.29) is 16.9 Å². The molecule has 8 nitrogen and oxygen atoms in total. The first kappa shape index (κ1) is 43.8. The molecule has 3 saturated carbocycles. The maximum atomic E-state index is 13.7. The van der Waals surface area contributed by atoms with E-state index in [1.54, 1.807) is 30.3 Å². The Balaban J connectivity index is 0.749. The van der Waals surface area contributed by atoms with Gasteiger partial charge in [-0.15, -0.1) is 0 Å². The topological polar surface area (TPSA) is 86.7 Å². The fraction of sp³-hybridized carbons (Fsp3) is 0.526. The summed E-state index contributed by atoms with van der Waals surface area (Å²) in [6, 6.07) is 24.2. The molecule has 0 amide bonds. The number of likely N-dealkylation sites (N-methyl/N-ethyl adjacent to an activating group) is 1. The summed E-state index contributed by atoms with van der Waals surface area (Å²) in [5.74, 6) is 5.58. The van der Waals surface area contributed by atoms with Gasteiger partial charge in [0.15, 0.2) is 0 Å². The Labute approximate surface area is 386 Å². The van der Waals surface area contributed by atoms with Crippen molar-refractivity contribution in [1.82, 2.24) is 0 Å². The van der Waals surface area contributed by atoms with E-state index in [0.29, 0.717) is 45.2 Å². The van der Waals surface area contributed by atoms with E-state index in [4.69, 9.17) is 23.9 Å². The van der Waals surface area contributed by atoms with Gasteiger partial charge in [-0.1, -0.05) is 95.9 Å². The molecule has 0 radical (unpaired) electrons. The van der Waals surface area contributed by atoms with Gasteiger partial charge in [0.2, 0.25) is 5.72 Å². The third-order valence-electron chi connectivity index (χ3n) is 17.9. The SMILES string of the molecule is CC(C)CCC[C@@H](C)[C@H]1CC[C@H]2[C@@H]3CC=C4C[C@@H](OC(=O)Oc5ccc(OC(=O)c6cccc7c8c(ccc67)OC6(C=N8)N(C)c7ccccc7C6(C)C)cc5)CC[C@]4(C)[C@H]3CC[C@]12C. The zero-order valence-corrected chi connectivity index (χ0v) is 39.8. The van der Waals surface area contributed by atoms with Gasteiger partial charge >= 0.3 is 12.1 Å². The maximum absolute atomic E-state index is 13.7. The summed E-state index contributed by atoms with van der Waals surface area (Å²) in [5, 5.41) is 1.51. The van der Waals surface area contributed by atoms with E-state index >= 15 is 0 Å². The van der Waals surface area contributed by atoms with Crippen molar-refractivity contribution in [3.05, 3.63) is 102 Å². The number of para-hydroxylation sites is 1. The number of carbonyl (C=O) groups is 2. The van der Waals surface area contributed by atoms with Gasteiger partial charge in [0, 0.05) is 24.5 Å². The molecule has 9 atom stereocenters. The number of hydrogen-bond acceptors (Lipinski definition) is 8. The van der Waals surface area contributed by atoms with Crippen molar-refractivity contribution >= 4 is 40.5 Å². The van der Waals surface area contributed by atoms with Gasteiger partial charge < -0.3 is 23.8 Å². The number of rotatable bonds is 9. The second-order valence-electron chi connectivity index (χ2n) is 22.1. The average Bonchev–Trinajstić information content (AvgIpc) is 3.72. The van der Waals surface area contributed by atoms with Crippen LogP contribution in [0.1, 0.15) is 135 Å². The van der Waals surface area contributed by atoms with E-state index in [1.807, 2.05) is 43.6 Å². The summed E-state index contributed by atoms with van der Waals surface area (Å²) in [7, 11) is 2.04. The van der Waals surface area contributed by atoms with Gasteiger partial charge in [-0.2, -0.15) is 0 Å². The van der Waals surface area contributed by atoms with Crippen LogP contribution < -0.4 is 19.1 Å². The molecule has 65 heavy (non-hydrogen) atoms. The molecule has 0 saturated heterocycles. The van der Waals surface area contributed by atoms with Crippen LogP contribution in [-0.4, -0.2) is 37.2 Å². The predicted octanol–water partition coefficient (Wildman–Crippen LogP) is 14.2. The molecular weight excluding hydrogens is 809 g/mol. The maximum Gasteiger partial charge on any atom is 0.514 e. The van der Waals surface area contributed by atoms with E-state index in [9.17, 15) is 9.59 Å². The van der Waals surface area contributed by atoms with E-state index < -0.39 is 17.8 Å². The number of allylic oxidation sites excluding steroid dienone is 1. The molecule has 0 bridgehead atoms. The molecule has 3 fully saturated rings. The normalized spacial score (nSPS) is 30.9. The summed E-state index contributed by atoms with van der Waals surface area (Å²) in [6.07, 6.45) is 16.9. The van der Waals surface area contributed by atoms with Gasteiger partial charge in [0.1, 0.15) is 29.0 Å². The highest BCUT2D eigenvalue weighted by atomic mass is 16.7. The number of esters is 1. The van der Waals surface area contributed by atoms with Crippen LogP contribution in [0.3, 0.4) is 0 Å². The highest BCUT2D eigenvalue weighted by Crippen LogP contribution is 2.67. The lowest BCUT2D eigenvalue weighted by molar-refractivity contribution is -0.0597. The molecule has 4 aliphatic carbocycles. The average molecular weight is 877 g/mol. The highest BCUT2D eigenvalue weighted by Gasteiger charge is 2.60. The van der Waals surface area contributed by atoms with Crippen LogP contribution in [0.4, 0.5) is 16.2 Å². The first-order valence-electron chi connectivity index (χ1n) is 24.7. The molecule has 1 unspecified atom stereocenters. The number of carbonyl (C=O) groups excluding carboxylic acids is 2. The largest absolute Gasteiger partial charge is 0.514 e. The van der Waals surface area contributed by atoms with E-state index in [0.717, 1.165) is 66.3 Å². The molecule has 4 aromatic rings. The molecule has 8 heteroatoms. The predicted molar refractivity (Wildman–Crippen MR) is 259 cm³/mol. The van der Waals surface area contributed by atoms with Crippen molar-refractivity contribution < 1.29 is 28.5 Å². The Morgan fingerprint density at radius 3 is 2.35 bits per heavy atom. The Morgan fingerprint density at radius 2 is 1.58 bits per heavy atom. The lowest BCUT2D eigenvalue weighted by Gasteiger charge is -2.58. The number of nitrogens with zero attached hydrogens (tertiary/aromatic N) is 2. The van der Waals surface area contributed by atoms with E-state index in [2.05, 4.69) is 77.6 Å². The van der Waals surface area contributed by atoms with Crippen molar-refractivity contribution in [2.24, 2.45) is 51.3 Å². The molecule has 10 rings (SSSR count). The minimum atomic E-state index is -0.807. The number of benzene rings is 4. The van der Waals surface area contributed by atoms with Crippen molar-refractivity contribution in [1.29, 1.82) is 0 Å². The summed E-state index contributed by atoms with van der Waals surface area (Å²) in [5.41, 5.74) is 4.35. The first-order valence-corrected chi connectivity index (χ1v) is 24.7. The summed E-state index contributed by atoms with van der Waals surface area (Å²) >= 11 is 0. The van der Waals surface area contributed by atoms with Gasteiger partial charge in [-0.25, -0.2) is 9.59 Å². The fourth-order valence-electron chi connectivity index (χ4n) is 14.3. The molecule has 2 heterocycles. The third-order valence-corrected chi connectivity index (χ3v) is 17.9. The molecule has 2 aliphatic heterocycles. The van der Waals surface area contributed by atoms with Gasteiger partial charge in [0.25, 0.3) is 0 Å². The molecule has 1 spiro atoms. The Hall–Kier alpha value is -5.11. The standard InChI is InChI=1S/C57H68N2O6/c1-35(2)13-11-14-36(3)45-26-27-46-44-24-19-37-33-40(29-31-55(37,6)47(44)30-32-56(45,46)7)64-53(61)63-39-22-20-38(21-23-39)62-52(60)43-16-12-15-42-41(43)25-28-50-51(42)58-34-57(65-50)54(4,5)48-17-9-10-18-49(48)59(57)8/h9-10,12,15-23,25,28,34-36,40,44-47H,11,13-14,24,26-27,29-33H2,1-8H3/t36-,40+,44+,45-,46+,47+,55+,56-,57?/m1/s1. The van der Waals surface area contributed by atoms with Crippen molar-refractivity contribution in [3.8, 4) is 17.2 Å². The minimum Gasteiger partial charge on any atom is -0.459 e. The fourth-order valence-corrected chi connectivity index (χ4v) is 14.3. The van der Waals surface area contributed by atoms with Gasteiger partial charge in [-0.05, 0) is 165 Å². The number of ether oxygens (including phenoxy) is 4. The van der Waals surface area contributed by atoms with E-state index in [1.165, 1.54) is 56.1 Å². The summed E-state index contributed by atoms with van der Waals surface area (Å²) < 4.78 is 24.4. The minimum absolute atomic E-state index is 0.178. The smallest absolute Gasteiger partial charge is 0.459 e.